The van der Waals surface area contributed by atoms with Crippen molar-refractivity contribution < 1.29 is 4.79 Å². The lowest BCUT2D eigenvalue weighted by atomic mass is 9.98. The van der Waals surface area contributed by atoms with Crippen LogP contribution in [0.3, 0.4) is 0 Å². The highest BCUT2D eigenvalue weighted by atomic mass is 16.1. The Morgan fingerprint density at radius 1 is 1.40 bits per heavy atom. The number of carbonyl (C=O) groups excluding carboxylic acids is 1. The molecule has 0 radical (unpaired) electrons. The third-order valence-corrected chi connectivity index (χ3v) is 4.14. The number of nitrogens with two attached hydrogens (primary N) is 1. The maximum atomic E-state index is 11.6. The van der Waals surface area contributed by atoms with Crippen molar-refractivity contribution in [3.05, 3.63) is 29.8 Å². The molecule has 20 heavy (non-hydrogen) atoms. The third-order valence-electron chi connectivity index (χ3n) is 4.14. The van der Waals surface area contributed by atoms with Crippen LogP contribution in [0.4, 0.5) is 5.69 Å². The van der Waals surface area contributed by atoms with Gasteiger partial charge < -0.3 is 16.0 Å². The van der Waals surface area contributed by atoms with Crippen LogP contribution in [-0.4, -0.2) is 32.1 Å². The monoisotopic (exact) mass is 275 g/mol. The Labute approximate surface area is 121 Å². The van der Waals surface area contributed by atoms with Crippen LogP contribution in [0.15, 0.2) is 24.3 Å². The molecule has 0 aliphatic carbocycles. The van der Waals surface area contributed by atoms with Gasteiger partial charge in [-0.05, 0) is 49.9 Å². The number of nitrogens with one attached hydrogen (secondary N) is 1. The summed E-state index contributed by atoms with van der Waals surface area (Å²) in [4.78, 5) is 13.7. The highest BCUT2D eigenvalue weighted by Gasteiger charge is 2.26. The van der Waals surface area contributed by atoms with E-state index in [0.29, 0.717) is 5.92 Å². The van der Waals surface area contributed by atoms with E-state index in [1.807, 2.05) is 7.05 Å². The Morgan fingerprint density at radius 3 is 2.70 bits per heavy atom. The van der Waals surface area contributed by atoms with Crippen molar-refractivity contribution in [2.24, 2.45) is 5.73 Å². The Hall–Kier alpha value is -1.55. The Kier molecular flexibility index (Phi) is 5.01. The van der Waals surface area contributed by atoms with Gasteiger partial charge in [-0.2, -0.15) is 0 Å². The van der Waals surface area contributed by atoms with Crippen molar-refractivity contribution >= 4 is 11.6 Å². The topological polar surface area (TPSA) is 58.4 Å². The number of piperidine rings is 1. The molecular weight excluding hydrogens is 250 g/mol. The summed E-state index contributed by atoms with van der Waals surface area (Å²) in [5.74, 6) is 0.277. The van der Waals surface area contributed by atoms with Gasteiger partial charge in [-0.3, -0.25) is 4.79 Å². The number of nitrogens with zero attached hydrogens (tertiary/aromatic N) is 1. The Morgan fingerprint density at radius 2 is 2.10 bits per heavy atom. The number of benzene rings is 1. The fraction of sp³-hybridized carbons (Fsp3) is 0.562. The molecule has 0 bridgehead atoms. The standard InChI is InChI=1S/C16H25N3O/c1-12(11-18-2)13-6-8-14(9-7-13)19-10-4-3-5-15(19)16(17)20/h6-9,12,15,18H,3-5,10-11H2,1-2H3,(H2,17,20). The van der Waals surface area contributed by atoms with Crippen molar-refractivity contribution in [2.45, 2.75) is 38.1 Å². The van der Waals surface area contributed by atoms with Crippen molar-refractivity contribution in [3.8, 4) is 0 Å². The van der Waals surface area contributed by atoms with E-state index in [1.54, 1.807) is 0 Å². The first-order valence-corrected chi connectivity index (χ1v) is 7.44. The zero-order chi connectivity index (χ0) is 14.5. The first-order chi connectivity index (χ1) is 9.63. The van der Waals surface area contributed by atoms with Crippen LogP contribution in [-0.2, 0) is 4.79 Å². The van der Waals surface area contributed by atoms with Gasteiger partial charge in [0.25, 0.3) is 0 Å². The molecule has 1 aromatic carbocycles. The van der Waals surface area contributed by atoms with E-state index in [-0.39, 0.29) is 11.9 Å². The number of carbonyl (C=O) groups is 1. The van der Waals surface area contributed by atoms with E-state index >= 15 is 0 Å². The van der Waals surface area contributed by atoms with Crippen LogP contribution < -0.4 is 16.0 Å². The zero-order valence-corrected chi connectivity index (χ0v) is 12.4. The predicted octanol–water partition coefficient (Wildman–Crippen LogP) is 1.85. The van der Waals surface area contributed by atoms with Gasteiger partial charge >= 0.3 is 0 Å². The minimum absolute atomic E-state index is 0.149. The van der Waals surface area contributed by atoms with Crippen LogP contribution in [0.25, 0.3) is 0 Å². The number of hydrogen-bond acceptors (Lipinski definition) is 3. The molecule has 1 amide bonds. The summed E-state index contributed by atoms with van der Waals surface area (Å²) in [6.45, 7) is 4.09. The lowest BCUT2D eigenvalue weighted by Crippen LogP contribution is -2.47. The largest absolute Gasteiger partial charge is 0.368 e. The van der Waals surface area contributed by atoms with Gasteiger partial charge in [0, 0.05) is 18.8 Å². The van der Waals surface area contributed by atoms with Crippen LogP contribution in [0.2, 0.25) is 0 Å². The second-order valence-corrected chi connectivity index (χ2v) is 5.66. The SMILES string of the molecule is CNCC(C)c1ccc(N2CCCCC2C(N)=O)cc1. The molecule has 1 aliphatic heterocycles. The summed E-state index contributed by atoms with van der Waals surface area (Å²) in [6, 6.07) is 8.39. The minimum atomic E-state index is -0.211. The molecule has 4 heteroatoms. The minimum Gasteiger partial charge on any atom is -0.368 e. The van der Waals surface area contributed by atoms with E-state index < -0.39 is 0 Å². The number of rotatable bonds is 5. The summed E-state index contributed by atoms with van der Waals surface area (Å²) in [5.41, 5.74) is 7.94. The number of primary amides is 1. The van der Waals surface area contributed by atoms with Crippen molar-refractivity contribution in [1.29, 1.82) is 0 Å². The summed E-state index contributed by atoms with van der Waals surface area (Å²) < 4.78 is 0. The van der Waals surface area contributed by atoms with Gasteiger partial charge in [0.2, 0.25) is 5.91 Å². The first kappa shape index (κ1) is 14.9. The fourth-order valence-corrected chi connectivity index (χ4v) is 2.95. The summed E-state index contributed by atoms with van der Waals surface area (Å²) >= 11 is 0. The highest BCUT2D eigenvalue weighted by Crippen LogP contribution is 2.26. The van der Waals surface area contributed by atoms with Gasteiger partial charge in [-0.15, -0.1) is 0 Å². The molecule has 0 aromatic heterocycles. The molecule has 4 nitrogen and oxygen atoms in total. The van der Waals surface area contributed by atoms with Gasteiger partial charge in [0.1, 0.15) is 6.04 Å². The summed E-state index contributed by atoms with van der Waals surface area (Å²) in [7, 11) is 1.97. The molecule has 1 aromatic rings. The predicted molar refractivity (Wildman–Crippen MR) is 83.0 cm³/mol. The Balaban J connectivity index is 2.13. The molecule has 0 saturated carbocycles. The first-order valence-electron chi connectivity index (χ1n) is 7.44. The Bertz CT molecular complexity index is 444. The van der Waals surface area contributed by atoms with Crippen molar-refractivity contribution in [3.63, 3.8) is 0 Å². The third kappa shape index (κ3) is 3.31. The second kappa shape index (κ2) is 6.75. The average Bonchev–Trinajstić information content (AvgIpc) is 2.47. The van der Waals surface area contributed by atoms with Crippen molar-refractivity contribution in [2.75, 3.05) is 25.0 Å². The molecule has 2 rings (SSSR count). The maximum Gasteiger partial charge on any atom is 0.240 e. The lowest BCUT2D eigenvalue weighted by Gasteiger charge is -2.35. The summed E-state index contributed by atoms with van der Waals surface area (Å²) in [5, 5.41) is 3.19. The van der Waals surface area contributed by atoms with Crippen molar-refractivity contribution in [1.82, 2.24) is 5.32 Å². The number of hydrogen-bond donors (Lipinski definition) is 2. The van der Waals surface area contributed by atoms with Crippen LogP contribution in [0.1, 0.15) is 37.7 Å². The van der Waals surface area contributed by atoms with Gasteiger partial charge in [0.15, 0.2) is 0 Å². The molecule has 1 fully saturated rings. The lowest BCUT2D eigenvalue weighted by molar-refractivity contribution is -0.119. The average molecular weight is 275 g/mol. The smallest absolute Gasteiger partial charge is 0.240 e. The molecule has 1 aliphatic rings. The molecule has 2 unspecified atom stereocenters. The number of likely N-dealkylation sites (N-methyl/N-ethyl adjacent to an activating group) is 1. The van der Waals surface area contributed by atoms with Crippen LogP contribution in [0.5, 0.6) is 0 Å². The normalized spacial score (nSPS) is 20.7. The molecule has 3 N–H and O–H groups in total. The van der Waals surface area contributed by atoms with E-state index in [2.05, 4.69) is 41.4 Å². The maximum absolute atomic E-state index is 11.6. The van der Waals surface area contributed by atoms with E-state index in [0.717, 1.165) is 38.0 Å². The number of amides is 1. The zero-order valence-electron chi connectivity index (χ0n) is 12.4. The van der Waals surface area contributed by atoms with E-state index in [1.165, 1.54) is 5.56 Å². The molecule has 1 saturated heterocycles. The van der Waals surface area contributed by atoms with E-state index in [9.17, 15) is 4.79 Å². The van der Waals surface area contributed by atoms with Crippen LogP contribution >= 0.6 is 0 Å². The molecule has 110 valence electrons. The van der Waals surface area contributed by atoms with Crippen LogP contribution in [0, 0.1) is 0 Å². The van der Waals surface area contributed by atoms with Gasteiger partial charge in [-0.25, -0.2) is 0 Å². The fourth-order valence-electron chi connectivity index (χ4n) is 2.95. The second-order valence-electron chi connectivity index (χ2n) is 5.66. The van der Waals surface area contributed by atoms with E-state index in [4.69, 9.17) is 5.73 Å². The highest BCUT2D eigenvalue weighted by molar-refractivity contribution is 5.83. The summed E-state index contributed by atoms with van der Waals surface area (Å²) in [6.07, 6.45) is 3.08. The molecule has 0 spiro atoms. The number of anilines is 1. The molecule has 2 atom stereocenters. The quantitative estimate of drug-likeness (QED) is 0.862. The van der Waals surface area contributed by atoms with Gasteiger partial charge in [0.05, 0.1) is 0 Å². The van der Waals surface area contributed by atoms with Gasteiger partial charge in [-0.1, -0.05) is 19.1 Å². The molecular formula is C16H25N3O. The molecule has 1 heterocycles.